The predicted octanol–water partition coefficient (Wildman–Crippen LogP) is 2.95. The van der Waals surface area contributed by atoms with Crippen LogP contribution in [0.3, 0.4) is 0 Å². The summed E-state index contributed by atoms with van der Waals surface area (Å²) in [6.07, 6.45) is 1.82. The maximum Gasteiger partial charge on any atom is 0.258 e. The molecule has 2 N–H and O–H groups in total. The zero-order chi connectivity index (χ0) is 22.3. The molecule has 0 saturated heterocycles. The molecule has 3 aliphatic carbocycles. The Kier molecular flexibility index (Phi) is 5.70. The quantitative estimate of drug-likeness (QED) is 0.590. The lowest BCUT2D eigenvalue weighted by molar-refractivity contribution is -0.139. The minimum Gasteiger partial charge on any atom is -0.484 e. The molecule has 2 bridgehead atoms. The van der Waals surface area contributed by atoms with Gasteiger partial charge in [-0.25, -0.2) is 21.9 Å². The van der Waals surface area contributed by atoms with Gasteiger partial charge < -0.3 is 10.1 Å². The highest BCUT2D eigenvalue weighted by molar-refractivity contribution is 7.89. The van der Waals surface area contributed by atoms with E-state index in [0.29, 0.717) is 19.3 Å². The molecule has 1 amide bonds. The van der Waals surface area contributed by atoms with Crippen LogP contribution in [0.1, 0.15) is 24.8 Å². The lowest BCUT2D eigenvalue weighted by Crippen LogP contribution is -2.84. The van der Waals surface area contributed by atoms with Crippen molar-refractivity contribution in [2.45, 2.75) is 36.8 Å². The molecule has 3 fully saturated rings. The standard InChI is InChI=1S/C21H21ClF2N2O4S/c22-17-6-5-16(9-18(17)24)30-10-19(27)25-20-11-21(12-20,13-20)26-31(28,29)8-7-14-1-3-15(23)4-2-14/h1-6,9,26H,7-8,10-13H2,(H,25,27). The number of aryl methyl sites for hydroxylation is 1. The summed E-state index contributed by atoms with van der Waals surface area (Å²) >= 11 is 5.61. The van der Waals surface area contributed by atoms with Crippen LogP contribution in [0.4, 0.5) is 8.78 Å². The second-order valence-corrected chi connectivity index (χ2v) is 10.6. The van der Waals surface area contributed by atoms with Gasteiger partial charge >= 0.3 is 0 Å². The van der Waals surface area contributed by atoms with Crippen molar-refractivity contribution in [3.8, 4) is 5.75 Å². The Bertz CT molecular complexity index is 1090. The first-order chi connectivity index (χ1) is 14.6. The maximum atomic E-state index is 13.4. The lowest BCUT2D eigenvalue weighted by Gasteiger charge is -2.70. The Morgan fingerprint density at radius 3 is 2.39 bits per heavy atom. The van der Waals surface area contributed by atoms with E-state index in [2.05, 4.69) is 10.0 Å². The first-order valence-corrected chi connectivity index (χ1v) is 11.8. The number of benzene rings is 2. The van der Waals surface area contributed by atoms with E-state index in [-0.39, 0.29) is 41.3 Å². The average Bonchev–Trinajstić information content (AvgIpc) is 2.66. The lowest BCUT2D eigenvalue weighted by atomic mass is 9.44. The van der Waals surface area contributed by atoms with Crippen LogP contribution in [-0.4, -0.2) is 37.8 Å². The van der Waals surface area contributed by atoms with Crippen LogP contribution in [0.2, 0.25) is 5.02 Å². The topological polar surface area (TPSA) is 84.5 Å². The van der Waals surface area contributed by atoms with Crippen LogP contribution in [0.25, 0.3) is 0 Å². The fourth-order valence-corrected chi connectivity index (χ4v) is 5.96. The molecule has 0 atom stereocenters. The Hall–Kier alpha value is -2.23. The summed E-state index contributed by atoms with van der Waals surface area (Å²) in [6, 6.07) is 9.65. The Morgan fingerprint density at radius 2 is 1.74 bits per heavy atom. The zero-order valence-corrected chi connectivity index (χ0v) is 18.0. The summed E-state index contributed by atoms with van der Waals surface area (Å²) < 4.78 is 59.2. The molecule has 166 valence electrons. The summed E-state index contributed by atoms with van der Waals surface area (Å²) in [4.78, 5) is 12.2. The van der Waals surface area contributed by atoms with Crippen LogP contribution in [-0.2, 0) is 21.2 Å². The largest absolute Gasteiger partial charge is 0.484 e. The van der Waals surface area contributed by atoms with Gasteiger partial charge in [-0.1, -0.05) is 23.7 Å². The van der Waals surface area contributed by atoms with E-state index >= 15 is 0 Å². The zero-order valence-electron chi connectivity index (χ0n) is 16.5. The number of nitrogens with one attached hydrogen (secondary N) is 2. The van der Waals surface area contributed by atoms with E-state index in [9.17, 15) is 22.0 Å². The average molecular weight is 471 g/mol. The van der Waals surface area contributed by atoms with Crippen LogP contribution in [0.5, 0.6) is 5.75 Å². The van der Waals surface area contributed by atoms with Gasteiger partial charge in [0.2, 0.25) is 10.0 Å². The summed E-state index contributed by atoms with van der Waals surface area (Å²) in [6.45, 7) is -0.279. The van der Waals surface area contributed by atoms with Crippen molar-refractivity contribution < 1.29 is 26.7 Å². The fourth-order valence-electron chi connectivity index (χ4n) is 4.36. The fraction of sp³-hybridized carbons (Fsp3) is 0.381. The molecule has 5 rings (SSSR count). The molecule has 10 heteroatoms. The van der Waals surface area contributed by atoms with Gasteiger partial charge in [-0.15, -0.1) is 0 Å². The van der Waals surface area contributed by atoms with E-state index in [1.165, 1.54) is 24.3 Å². The molecule has 2 aromatic rings. The van der Waals surface area contributed by atoms with Gasteiger partial charge in [0.15, 0.2) is 6.61 Å². The summed E-state index contributed by atoms with van der Waals surface area (Å²) in [7, 11) is -3.51. The molecule has 3 aliphatic rings. The van der Waals surface area contributed by atoms with E-state index in [1.807, 2.05) is 0 Å². The van der Waals surface area contributed by atoms with Crippen molar-refractivity contribution >= 4 is 27.5 Å². The molecule has 6 nitrogen and oxygen atoms in total. The van der Waals surface area contributed by atoms with Crippen LogP contribution < -0.4 is 14.8 Å². The molecule has 0 unspecified atom stereocenters. The van der Waals surface area contributed by atoms with Crippen molar-refractivity contribution in [2.24, 2.45) is 0 Å². The number of hydrogen-bond donors (Lipinski definition) is 2. The molecule has 0 aliphatic heterocycles. The number of carbonyl (C=O) groups excluding carboxylic acids is 1. The summed E-state index contributed by atoms with van der Waals surface area (Å²) in [5.74, 6) is -1.25. The summed E-state index contributed by atoms with van der Waals surface area (Å²) in [5, 5.41) is 2.84. The molecular formula is C21H21ClF2N2O4S. The molecule has 3 saturated carbocycles. The first-order valence-electron chi connectivity index (χ1n) is 9.73. The Balaban J connectivity index is 1.21. The molecule has 0 aromatic heterocycles. The summed E-state index contributed by atoms with van der Waals surface area (Å²) in [5.41, 5.74) is -0.200. The van der Waals surface area contributed by atoms with Crippen molar-refractivity contribution in [1.82, 2.24) is 10.0 Å². The van der Waals surface area contributed by atoms with E-state index in [4.69, 9.17) is 16.3 Å². The number of carbonyl (C=O) groups is 1. The van der Waals surface area contributed by atoms with Gasteiger partial charge in [-0.3, -0.25) is 4.79 Å². The number of ether oxygens (including phenoxy) is 1. The van der Waals surface area contributed by atoms with E-state index in [0.717, 1.165) is 11.6 Å². The third-order valence-corrected chi connectivity index (χ3v) is 7.43. The van der Waals surface area contributed by atoms with Crippen LogP contribution >= 0.6 is 11.6 Å². The first kappa shape index (κ1) is 22.0. The van der Waals surface area contributed by atoms with Crippen molar-refractivity contribution in [3.05, 3.63) is 64.7 Å². The smallest absolute Gasteiger partial charge is 0.258 e. The van der Waals surface area contributed by atoms with Gasteiger partial charge in [-0.05, 0) is 55.5 Å². The van der Waals surface area contributed by atoms with E-state index < -0.39 is 26.9 Å². The SMILES string of the molecule is O=C(COc1ccc(Cl)c(F)c1)NC12CC(NS(=O)(=O)CCc3ccc(F)cc3)(C1)C2. The highest BCUT2D eigenvalue weighted by Gasteiger charge is 2.69. The number of amides is 1. The minimum absolute atomic E-state index is 0.0314. The predicted molar refractivity (Wildman–Crippen MR) is 111 cm³/mol. The third-order valence-electron chi connectivity index (χ3n) is 5.64. The monoisotopic (exact) mass is 470 g/mol. The van der Waals surface area contributed by atoms with E-state index in [1.54, 1.807) is 12.1 Å². The maximum absolute atomic E-state index is 13.4. The van der Waals surface area contributed by atoms with Crippen molar-refractivity contribution in [1.29, 1.82) is 0 Å². The van der Waals surface area contributed by atoms with Crippen molar-refractivity contribution in [2.75, 3.05) is 12.4 Å². The minimum atomic E-state index is -3.51. The Morgan fingerprint density at radius 1 is 1.06 bits per heavy atom. The molecular weight excluding hydrogens is 450 g/mol. The number of halogens is 3. The van der Waals surface area contributed by atoms with Crippen LogP contribution in [0.15, 0.2) is 42.5 Å². The highest BCUT2D eigenvalue weighted by atomic mass is 35.5. The molecule has 0 spiro atoms. The van der Waals surface area contributed by atoms with Crippen molar-refractivity contribution in [3.63, 3.8) is 0 Å². The van der Waals surface area contributed by atoms with Gasteiger partial charge in [0.25, 0.3) is 5.91 Å². The molecule has 2 aromatic carbocycles. The van der Waals surface area contributed by atoms with Gasteiger partial charge in [-0.2, -0.15) is 0 Å². The van der Waals surface area contributed by atoms with Gasteiger partial charge in [0.1, 0.15) is 17.4 Å². The Labute approximate surface area is 184 Å². The normalized spacial score (nSPS) is 24.1. The highest BCUT2D eigenvalue weighted by Crippen LogP contribution is 2.60. The number of hydrogen-bond acceptors (Lipinski definition) is 4. The number of rotatable bonds is 9. The molecule has 0 radical (unpaired) electrons. The molecule has 0 heterocycles. The third kappa shape index (κ3) is 4.99. The van der Waals surface area contributed by atoms with Crippen LogP contribution in [0, 0.1) is 11.6 Å². The second-order valence-electron chi connectivity index (χ2n) is 8.30. The van der Waals surface area contributed by atoms with Gasteiger partial charge in [0, 0.05) is 17.1 Å². The number of sulfonamides is 1. The van der Waals surface area contributed by atoms with Gasteiger partial charge in [0.05, 0.1) is 10.8 Å². The molecule has 31 heavy (non-hydrogen) atoms. The second kappa shape index (κ2) is 8.03.